The van der Waals surface area contributed by atoms with Crippen LogP contribution >= 0.6 is 11.7 Å². The van der Waals surface area contributed by atoms with Crippen LogP contribution in [-0.4, -0.2) is 34.6 Å². The smallest absolute Gasteiger partial charge is 0.198 e. The van der Waals surface area contributed by atoms with E-state index in [-0.39, 0.29) is 6.54 Å². The summed E-state index contributed by atoms with van der Waals surface area (Å²) in [5.41, 5.74) is 2.54. The standard InChI is InChI=1S/C11H14N4O2S2/c16-19(17,15-5-1-2-6-15)12-8-9-3-4-10-11(7-9)14-18-13-10/h3-4,7,12H,1-2,5-6,8H2. The Morgan fingerprint density at radius 1 is 1.21 bits per heavy atom. The third-order valence-corrected chi connectivity index (χ3v) is 5.29. The van der Waals surface area contributed by atoms with E-state index in [1.165, 1.54) is 4.31 Å². The minimum Gasteiger partial charge on any atom is -0.198 e. The molecule has 0 aliphatic carbocycles. The SMILES string of the molecule is O=S(=O)(NCc1ccc2nsnc2c1)N1CCCC1. The molecule has 6 nitrogen and oxygen atoms in total. The molecule has 0 saturated carbocycles. The fourth-order valence-corrected chi connectivity index (χ4v) is 3.92. The van der Waals surface area contributed by atoms with Crippen LogP contribution in [-0.2, 0) is 16.8 Å². The minimum atomic E-state index is -3.35. The van der Waals surface area contributed by atoms with Crippen LogP contribution in [0.2, 0.25) is 0 Å². The van der Waals surface area contributed by atoms with Gasteiger partial charge in [-0.3, -0.25) is 0 Å². The molecule has 0 atom stereocenters. The van der Waals surface area contributed by atoms with E-state index in [9.17, 15) is 8.42 Å². The Balaban J connectivity index is 1.71. The zero-order chi connectivity index (χ0) is 13.3. The number of hydrogen-bond acceptors (Lipinski definition) is 5. The normalized spacial score (nSPS) is 17.3. The maximum Gasteiger partial charge on any atom is 0.279 e. The lowest BCUT2D eigenvalue weighted by atomic mass is 10.2. The molecular weight excluding hydrogens is 284 g/mol. The first-order valence-electron chi connectivity index (χ1n) is 6.11. The number of aromatic nitrogens is 2. The second-order valence-corrected chi connectivity index (χ2v) is 6.80. The molecule has 0 bridgehead atoms. The van der Waals surface area contributed by atoms with E-state index in [2.05, 4.69) is 13.5 Å². The van der Waals surface area contributed by atoms with E-state index < -0.39 is 10.2 Å². The van der Waals surface area contributed by atoms with Crippen LogP contribution in [0.15, 0.2) is 18.2 Å². The summed E-state index contributed by atoms with van der Waals surface area (Å²) in [4.78, 5) is 0. The van der Waals surface area contributed by atoms with E-state index in [4.69, 9.17) is 0 Å². The molecule has 0 unspecified atom stereocenters. The van der Waals surface area contributed by atoms with Crippen molar-refractivity contribution in [2.75, 3.05) is 13.1 Å². The first kappa shape index (κ1) is 12.9. The van der Waals surface area contributed by atoms with Gasteiger partial charge in [0.25, 0.3) is 10.2 Å². The molecule has 2 aromatic rings. The van der Waals surface area contributed by atoms with Crippen LogP contribution in [0, 0.1) is 0 Å². The van der Waals surface area contributed by atoms with Crippen molar-refractivity contribution in [2.24, 2.45) is 0 Å². The number of nitrogens with zero attached hydrogens (tertiary/aromatic N) is 3. The van der Waals surface area contributed by atoms with E-state index >= 15 is 0 Å². The van der Waals surface area contributed by atoms with Crippen molar-refractivity contribution in [2.45, 2.75) is 19.4 Å². The highest BCUT2D eigenvalue weighted by atomic mass is 32.2. The molecule has 1 saturated heterocycles. The average molecular weight is 298 g/mol. The fourth-order valence-electron chi connectivity index (χ4n) is 2.13. The van der Waals surface area contributed by atoms with Gasteiger partial charge in [0.2, 0.25) is 0 Å². The van der Waals surface area contributed by atoms with Crippen LogP contribution in [0.25, 0.3) is 11.0 Å². The molecule has 1 aliphatic heterocycles. The number of hydrogen-bond donors (Lipinski definition) is 1. The molecular formula is C11H14N4O2S2. The molecule has 1 aromatic carbocycles. The Kier molecular flexibility index (Phi) is 3.48. The summed E-state index contributed by atoms with van der Waals surface area (Å²) in [7, 11) is -3.35. The Bertz CT molecular complexity index is 677. The third-order valence-electron chi connectivity index (χ3n) is 3.18. The van der Waals surface area contributed by atoms with Crippen molar-refractivity contribution in [3.05, 3.63) is 23.8 Å². The van der Waals surface area contributed by atoms with Gasteiger partial charge in [-0.05, 0) is 30.5 Å². The fraction of sp³-hybridized carbons (Fsp3) is 0.455. The maximum atomic E-state index is 12.0. The molecule has 0 radical (unpaired) electrons. The average Bonchev–Trinajstić information content (AvgIpc) is 3.07. The number of benzene rings is 1. The van der Waals surface area contributed by atoms with Gasteiger partial charge in [0, 0.05) is 19.6 Å². The van der Waals surface area contributed by atoms with Crippen LogP contribution in [0.1, 0.15) is 18.4 Å². The van der Waals surface area contributed by atoms with Crippen molar-refractivity contribution in [1.29, 1.82) is 0 Å². The summed E-state index contributed by atoms with van der Waals surface area (Å²) in [6.45, 7) is 1.51. The summed E-state index contributed by atoms with van der Waals surface area (Å²) < 4.78 is 36.4. The van der Waals surface area contributed by atoms with Crippen molar-refractivity contribution in [1.82, 2.24) is 17.8 Å². The molecule has 19 heavy (non-hydrogen) atoms. The van der Waals surface area contributed by atoms with Crippen LogP contribution in [0.4, 0.5) is 0 Å². The molecule has 0 spiro atoms. The molecule has 1 fully saturated rings. The van der Waals surface area contributed by atoms with Crippen molar-refractivity contribution >= 4 is 33.0 Å². The highest BCUT2D eigenvalue weighted by Crippen LogP contribution is 2.15. The molecule has 1 N–H and O–H groups in total. The number of nitrogens with one attached hydrogen (secondary N) is 1. The van der Waals surface area contributed by atoms with E-state index in [0.29, 0.717) is 13.1 Å². The molecule has 8 heteroatoms. The monoisotopic (exact) mass is 298 g/mol. The maximum absolute atomic E-state index is 12.0. The van der Waals surface area contributed by atoms with Crippen LogP contribution in [0.3, 0.4) is 0 Å². The second-order valence-electron chi connectivity index (χ2n) is 4.52. The Morgan fingerprint density at radius 2 is 1.95 bits per heavy atom. The van der Waals surface area contributed by atoms with Gasteiger partial charge in [0.15, 0.2) is 0 Å². The Morgan fingerprint density at radius 3 is 2.74 bits per heavy atom. The molecule has 3 rings (SSSR count). The van der Waals surface area contributed by atoms with Crippen LogP contribution < -0.4 is 4.72 Å². The van der Waals surface area contributed by atoms with Crippen molar-refractivity contribution in [3.63, 3.8) is 0 Å². The van der Waals surface area contributed by atoms with Gasteiger partial charge >= 0.3 is 0 Å². The first-order valence-corrected chi connectivity index (χ1v) is 8.28. The predicted octanol–water partition coefficient (Wildman–Crippen LogP) is 1.12. The van der Waals surface area contributed by atoms with Crippen molar-refractivity contribution in [3.8, 4) is 0 Å². The van der Waals surface area contributed by atoms with Gasteiger partial charge in [0.05, 0.1) is 11.7 Å². The lowest BCUT2D eigenvalue weighted by Gasteiger charge is -2.15. The molecule has 2 heterocycles. The summed E-state index contributed by atoms with van der Waals surface area (Å²) in [6.07, 6.45) is 1.88. The number of fused-ring (bicyclic) bond motifs is 1. The second kappa shape index (κ2) is 5.12. The Labute approximate surface area is 115 Å². The van der Waals surface area contributed by atoms with E-state index in [1.807, 2.05) is 18.2 Å². The van der Waals surface area contributed by atoms with Gasteiger partial charge in [-0.2, -0.15) is 26.2 Å². The molecule has 0 amide bonds. The van der Waals surface area contributed by atoms with Crippen LogP contribution in [0.5, 0.6) is 0 Å². The lowest BCUT2D eigenvalue weighted by Crippen LogP contribution is -2.38. The quantitative estimate of drug-likeness (QED) is 0.918. The molecule has 1 aliphatic rings. The zero-order valence-corrected chi connectivity index (χ0v) is 11.9. The first-order chi connectivity index (χ1) is 9.15. The summed E-state index contributed by atoms with van der Waals surface area (Å²) in [5, 5.41) is 0. The van der Waals surface area contributed by atoms with Gasteiger partial charge in [-0.1, -0.05) is 6.07 Å². The summed E-state index contributed by atoms with van der Waals surface area (Å²) >= 11 is 1.16. The van der Waals surface area contributed by atoms with Gasteiger partial charge < -0.3 is 0 Å². The Hall–Kier alpha value is -1.09. The molecule has 1 aromatic heterocycles. The van der Waals surface area contributed by atoms with Gasteiger partial charge in [0.1, 0.15) is 11.0 Å². The largest absolute Gasteiger partial charge is 0.279 e. The van der Waals surface area contributed by atoms with E-state index in [0.717, 1.165) is 41.2 Å². The van der Waals surface area contributed by atoms with Crippen molar-refractivity contribution < 1.29 is 8.42 Å². The zero-order valence-electron chi connectivity index (χ0n) is 10.2. The molecule has 102 valence electrons. The predicted molar refractivity (Wildman–Crippen MR) is 74.0 cm³/mol. The highest BCUT2D eigenvalue weighted by molar-refractivity contribution is 7.87. The van der Waals surface area contributed by atoms with Gasteiger partial charge in [-0.15, -0.1) is 0 Å². The summed E-state index contributed by atoms with van der Waals surface area (Å²) in [6, 6.07) is 5.60. The number of rotatable bonds is 4. The topological polar surface area (TPSA) is 75.2 Å². The summed E-state index contributed by atoms with van der Waals surface area (Å²) in [5.74, 6) is 0. The third kappa shape index (κ3) is 2.76. The lowest BCUT2D eigenvalue weighted by molar-refractivity contribution is 0.464. The van der Waals surface area contributed by atoms with E-state index in [1.54, 1.807) is 0 Å². The minimum absolute atomic E-state index is 0.284. The van der Waals surface area contributed by atoms with Gasteiger partial charge in [-0.25, -0.2) is 0 Å². The highest BCUT2D eigenvalue weighted by Gasteiger charge is 2.24.